The Kier molecular flexibility index (Phi) is 4.26. The second-order valence-electron chi connectivity index (χ2n) is 5.63. The van der Waals surface area contributed by atoms with Crippen LogP contribution in [0.1, 0.15) is 43.4 Å². The number of nitrogens with one attached hydrogen (secondary N) is 1. The fourth-order valence-electron chi connectivity index (χ4n) is 2.40. The molecular weight excluding hydrogens is 274 g/mol. The molecular formula is C15H22BrN. The zero-order valence-electron chi connectivity index (χ0n) is 10.9. The van der Waals surface area contributed by atoms with Crippen molar-refractivity contribution >= 4 is 15.9 Å². The predicted octanol–water partition coefficient (Wildman–Crippen LogP) is 3.83. The molecule has 1 aliphatic carbocycles. The Morgan fingerprint density at radius 3 is 2.76 bits per heavy atom. The minimum Gasteiger partial charge on any atom is -0.308 e. The molecule has 0 saturated carbocycles. The molecule has 2 heteroatoms. The van der Waals surface area contributed by atoms with Gasteiger partial charge in [-0.2, -0.15) is 0 Å². The van der Waals surface area contributed by atoms with Crippen molar-refractivity contribution < 1.29 is 0 Å². The van der Waals surface area contributed by atoms with Gasteiger partial charge in [0, 0.05) is 17.4 Å². The zero-order chi connectivity index (χ0) is 12.3. The summed E-state index contributed by atoms with van der Waals surface area (Å²) >= 11 is 3.51. The maximum Gasteiger partial charge on any atom is 0.0210 e. The predicted molar refractivity (Wildman–Crippen MR) is 77.8 cm³/mol. The Hall–Kier alpha value is -0.340. The first-order valence-corrected chi connectivity index (χ1v) is 7.64. The molecule has 1 N–H and O–H groups in total. The van der Waals surface area contributed by atoms with Crippen molar-refractivity contribution in [1.29, 1.82) is 0 Å². The highest BCUT2D eigenvalue weighted by molar-refractivity contribution is 9.09. The van der Waals surface area contributed by atoms with Gasteiger partial charge in [-0.3, -0.25) is 0 Å². The molecule has 1 aliphatic rings. The van der Waals surface area contributed by atoms with Crippen molar-refractivity contribution in [2.45, 2.75) is 51.6 Å². The highest BCUT2D eigenvalue weighted by Crippen LogP contribution is 2.23. The first-order valence-electron chi connectivity index (χ1n) is 6.52. The van der Waals surface area contributed by atoms with Gasteiger partial charge in [0.05, 0.1) is 0 Å². The fraction of sp³-hybridized carbons (Fsp3) is 0.600. The first kappa shape index (κ1) is 13.1. The van der Waals surface area contributed by atoms with Gasteiger partial charge in [0.15, 0.2) is 0 Å². The van der Waals surface area contributed by atoms with E-state index in [2.05, 4.69) is 53.3 Å². The first-order chi connectivity index (χ1) is 8.11. The Morgan fingerprint density at radius 2 is 2.00 bits per heavy atom. The van der Waals surface area contributed by atoms with Gasteiger partial charge >= 0.3 is 0 Å². The lowest BCUT2D eigenvalue weighted by Crippen LogP contribution is -2.39. The Labute approximate surface area is 113 Å². The summed E-state index contributed by atoms with van der Waals surface area (Å²) in [6.07, 6.45) is 5.03. The molecule has 0 aliphatic heterocycles. The smallest absolute Gasteiger partial charge is 0.0210 e. The van der Waals surface area contributed by atoms with E-state index in [4.69, 9.17) is 0 Å². The monoisotopic (exact) mass is 295 g/mol. The van der Waals surface area contributed by atoms with E-state index >= 15 is 0 Å². The number of fused-ring (bicyclic) bond motifs is 1. The molecule has 1 aromatic rings. The highest BCUT2D eigenvalue weighted by Gasteiger charge is 2.16. The number of benzene rings is 1. The lowest BCUT2D eigenvalue weighted by atomic mass is 10.0. The van der Waals surface area contributed by atoms with Crippen LogP contribution in [0.4, 0.5) is 0 Å². The van der Waals surface area contributed by atoms with Crippen LogP contribution in [0.3, 0.4) is 0 Å². The Bertz CT molecular complexity index is 385. The standard InChI is InChI=1S/C15H22BrN/c1-15(2,8-9-16)17-11-12-6-7-13-4-3-5-14(13)10-12/h6-7,10,17H,3-5,8-9,11H2,1-2H3. The van der Waals surface area contributed by atoms with Gasteiger partial charge in [-0.15, -0.1) is 0 Å². The SMILES string of the molecule is CC(C)(CCBr)NCc1ccc2c(c1)CCC2. The molecule has 0 heterocycles. The van der Waals surface area contributed by atoms with Gasteiger partial charge in [0.2, 0.25) is 0 Å². The van der Waals surface area contributed by atoms with Crippen LogP contribution in [0.25, 0.3) is 0 Å². The molecule has 1 nitrogen and oxygen atoms in total. The second kappa shape index (κ2) is 5.53. The van der Waals surface area contributed by atoms with E-state index in [9.17, 15) is 0 Å². The van der Waals surface area contributed by atoms with Crippen molar-refractivity contribution in [2.24, 2.45) is 0 Å². The average Bonchev–Trinajstić information content (AvgIpc) is 2.73. The van der Waals surface area contributed by atoms with Crippen LogP contribution in [0, 0.1) is 0 Å². The van der Waals surface area contributed by atoms with E-state index in [1.807, 2.05) is 0 Å². The molecule has 0 fully saturated rings. The molecule has 0 bridgehead atoms. The maximum atomic E-state index is 3.64. The van der Waals surface area contributed by atoms with Crippen LogP contribution in [0.15, 0.2) is 18.2 Å². The number of rotatable bonds is 5. The summed E-state index contributed by atoms with van der Waals surface area (Å²) in [7, 11) is 0. The third-order valence-corrected chi connectivity index (χ3v) is 4.05. The highest BCUT2D eigenvalue weighted by atomic mass is 79.9. The second-order valence-corrected chi connectivity index (χ2v) is 6.43. The minimum atomic E-state index is 0.211. The van der Waals surface area contributed by atoms with Gasteiger partial charge in [-0.1, -0.05) is 34.1 Å². The summed E-state index contributed by atoms with van der Waals surface area (Å²) in [5, 5.41) is 4.69. The van der Waals surface area contributed by atoms with Gasteiger partial charge in [-0.05, 0) is 56.2 Å². The summed E-state index contributed by atoms with van der Waals surface area (Å²) in [5.74, 6) is 0. The van der Waals surface area contributed by atoms with Crippen LogP contribution in [0.5, 0.6) is 0 Å². The topological polar surface area (TPSA) is 12.0 Å². The molecule has 0 saturated heterocycles. The van der Waals surface area contributed by atoms with Crippen LogP contribution in [-0.4, -0.2) is 10.9 Å². The average molecular weight is 296 g/mol. The van der Waals surface area contributed by atoms with Gasteiger partial charge in [0.25, 0.3) is 0 Å². The fourth-order valence-corrected chi connectivity index (χ4v) is 3.39. The Morgan fingerprint density at radius 1 is 1.24 bits per heavy atom. The summed E-state index contributed by atoms with van der Waals surface area (Å²) in [6.45, 7) is 5.51. The number of hydrogen-bond acceptors (Lipinski definition) is 1. The molecule has 0 atom stereocenters. The van der Waals surface area contributed by atoms with Gasteiger partial charge in [0.1, 0.15) is 0 Å². The quantitative estimate of drug-likeness (QED) is 0.814. The van der Waals surface area contributed by atoms with Gasteiger partial charge in [-0.25, -0.2) is 0 Å². The van der Waals surface area contributed by atoms with Crippen molar-refractivity contribution in [2.75, 3.05) is 5.33 Å². The summed E-state index contributed by atoms with van der Waals surface area (Å²) in [6, 6.07) is 6.98. The third-order valence-electron chi connectivity index (χ3n) is 3.65. The van der Waals surface area contributed by atoms with E-state index in [1.165, 1.54) is 24.8 Å². The molecule has 17 heavy (non-hydrogen) atoms. The normalized spacial score (nSPS) is 15.0. The zero-order valence-corrected chi connectivity index (χ0v) is 12.4. The summed E-state index contributed by atoms with van der Waals surface area (Å²) in [4.78, 5) is 0. The van der Waals surface area contributed by atoms with E-state index in [0.29, 0.717) is 0 Å². The van der Waals surface area contributed by atoms with Crippen molar-refractivity contribution in [3.63, 3.8) is 0 Å². The third kappa shape index (κ3) is 3.56. The van der Waals surface area contributed by atoms with Crippen molar-refractivity contribution in [3.8, 4) is 0 Å². The number of alkyl halides is 1. The van der Waals surface area contributed by atoms with Crippen molar-refractivity contribution in [1.82, 2.24) is 5.32 Å². The molecule has 94 valence electrons. The number of halogens is 1. The summed E-state index contributed by atoms with van der Waals surface area (Å²) in [5.41, 5.74) is 4.77. The van der Waals surface area contributed by atoms with Gasteiger partial charge < -0.3 is 5.32 Å². The molecule has 0 unspecified atom stereocenters. The summed E-state index contributed by atoms with van der Waals surface area (Å²) < 4.78 is 0. The van der Waals surface area contributed by atoms with Crippen LogP contribution < -0.4 is 5.32 Å². The molecule has 2 rings (SSSR count). The van der Waals surface area contributed by atoms with E-state index in [-0.39, 0.29) is 5.54 Å². The number of aryl methyl sites for hydroxylation is 2. The molecule has 0 spiro atoms. The van der Waals surface area contributed by atoms with Crippen LogP contribution in [-0.2, 0) is 19.4 Å². The Balaban J connectivity index is 1.95. The molecule has 0 aromatic heterocycles. The largest absolute Gasteiger partial charge is 0.308 e. The number of hydrogen-bond donors (Lipinski definition) is 1. The lowest BCUT2D eigenvalue weighted by Gasteiger charge is -2.25. The van der Waals surface area contributed by atoms with Crippen LogP contribution >= 0.6 is 15.9 Å². The van der Waals surface area contributed by atoms with E-state index in [1.54, 1.807) is 11.1 Å². The van der Waals surface area contributed by atoms with E-state index < -0.39 is 0 Å². The molecule has 0 amide bonds. The maximum absolute atomic E-state index is 3.64. The van der Waals surface area contributed by atoms with Crippen molar-refractivity contribution in [3.05, 3.63) is 34.9 Å². The van der Waals surface area contributed by atoms with Crippen LogP contribution in [0.2, 0.25) is 0 Å². The van der Waals surface area contributed by atoms with E-state index in [0.717, 1.165) is 18.3 Å². The minimum absolute atomic E-state index is 0.211. The molecule has 0 radical (unpaired) electrons. The lowest BCUT2D eigenvalue weighted by molar-refractivity contribution is 0.378. The molecule has 1 aromatic carbocycles.